The number of hydrogen-bond acceptors (Lipinski definition) is 4. The van der Waals surface area contributed by atoms with E-state index in [0.29, 0.717) is 0 Å². The number of halogens is 3. The molecule has 0 bridgehead atoms. The van der Waals surface area contributed by atoms with Gasteiger partial charge in [-0.2, -0.15) is 18.3 Å². The highest BCUT2D eigenvalue weighted by molar-refractivity contribution is 5.87. The molecule has 102 valence electrons. The highest BCUT2D eigenvalue weighted by Gasteiger charge is 2.28. The fraction of sp³-hybridized carbons (Fsp3) is 0.300. The van der Waals surface area contributed by atoms with Crippen LogP contribution in [-0.4, -0.2) is 32.2 Å². The molecule has 0 amide bonds. The molecule has 0 aromatic carbocycles. The first-order chi connectivity index (χ1) is 8.87. The van der Waals surface area contributed by atoms with Gasteiger partial charge in [0.05, 0.1) is 13.0 Å². The molecule has 0 fully saturated rings. The molecule has 0 unspecified atom stereocenters. The summed E-state index contributed by atoms with van der Waals surface area (Å²) >= 11 is 0. The average Bonchev–Trinajstić information content (AvgIpc) is 2.94. The van der Waals surface area contributed by atoms with Crippen molar-refractivity contribution in [2.45, 2.75) is 19.1 Å². The average molecular weight is 275 g/mol. The van der Waals surface area contributed by atoms with Gasteiger partial charge in [0.25, 0.3) is 0 Å². The van der Waals surface area contributed by atoms with Crippen molar-refractivity contribution < 1.29 is 27.6 Å². The van der Waals surface area contributed by atoms with Crippen molar-refractivity contribution in [2.24, 2.45) is 0 Å². The van der Waals surface area contributed by atoms with E-state index in [1.165, 1.54) is 12.3 Å². The first-order valence-electron chi connectivity index (χ1n) is 5.15. The molecule has 2 aromatic rings. The van der Waals surface area contributed by atoms with Gasteiger partial charge in [-0.3, -0.25) is 4.68 Å². The predicted octanol–water partition coefficient (Wildman–Crippen LogP) is 2.19. The number of aromatic nitrogens is 3. The number of hydrogen-bond donors (Lipinski definition) is 1. The summed E-state index contributed by atoms with van der Waals surface area (Å²) in [5.74, 6) is -1.36. The molecular weight excluding hydrogens is 267 g/mol. The van der Waals surface area contributed by atoms with E-state index in [-0.39, 0.29) is 17.1 Å². The summed E-state index contributed by atoms with van der Waals surface area (Å²) in [6, 6.07) is 2.58. The number of carboxylic acids is 1. The summed E-state index contributed by atoms with van der Waals surface area (Å²) in [6.07, 6.45) is -4.28. The number of nitrogens with zero attached hydrogens (tertiary/aromatic N) is 3. The normalized spacial score (nSPS) is 11.7. The van der Waals surface area contributed by atoms with Gasteiger partial charge < -0.3 is 9.63 Å². The smallest absolute Gasteiger partial charge is 0.390 e. The van der Waals surface area contributed by atoms with Gasteiger partial charge in [-0.05, 0) is 0 Å². The molecular formula is C10H8F3N3O3. The summed E-state index contributed by atoms with van der Waals surface area (Å²) in [4.78, 5) is 10.9. The maximum atomic E-state index is 12.1. The number of carbonyl (C=O) groups is 1. The maximum absolute atomic E-state index is 12.1. The van der Waals surface area contributed by atoms with Crippen LogP contribution in [0.4, 0.5) is 13.2 Å². The molecule has 19 heavy (non-hydrogen) atoms. The number of rotatable bonds is 4. The van der Waals surface area contributed by atoms with Crippen molar-refractivity contribution in [3.8, 4) is 11.4 Å². The number of aromatic carboxylic acids is 1. The van der Waals surface area contributed by atoms with Crippen molar-refractivity contribution >= 4 is 5.97 Å². The monoisotopic (exact) mass is 275 g/mol. The molecule has 0 aliphatic heterocycles. The van der Waals surface area contributed by atoms with E-state index >= 15 is 0 Å². The zero-order valence-electron chi connectivity index (χ0n) is 9.39. The SMILES string of the molecule is O=C(O)c1cc(-c2ccon2)nn1CCC(F)(F)F. The Bertz CT molecular complexity index is 575. The minimum atomic E-state index is -4.38. The van der Waals surface area contributed by atoms with Crippen LogP contribution in [0.5, 0.6) is 0 Å². The third-order valence-electron chi connectivity index (χ3n) is 2.31. The van der Waals surface area contributed by atoms with Crippen LogP contribution in [-0.2, 0) is 6.54 Å². The zero-order valence-corrected chi connectivity index (χ0v) is 9.39. The lowest BCUT2D eigenvalue weighted by molar-refractivity contribution is -0.137. The Morgan fingerprint density at radius 2 is 2.16 bits per heavy atom. The predicted molar refractivity (Wildman–Crippen MR) is 55.4 cm³/mol. The van der Waals surface area contributed by atoms with Gasteiger partial charge in [-0.15, -0.1) is 0 Å². The van der Waals surface area contributed by atoms with Gasteiger partial charge in [-0.1, -0.05) is 5.16 Å². The number of carboxylic acid groups (broad SMARTS) is 1. The second kappa shape index (κ2) is 4.75. The Morgan fingerprint density at radius 3 is 2.68 bits per heavy atom. The number of alkyl halides is 3. The molecule has 0 saturated carbocycles. The molecule has 2 aromatic heterocycles. The molecule has 0 spiro atoms. The fourth-order valence-corrected chi connectivity index (χ4v) is 1.46. The summed E-state index contributed by atoms with van der Waals surface area (Å²) in [7, 11) is 0. The van der Waals surface area contributed by atoms with Crippen LogP contribution >= 0.6 is 0 Å². The summed E-state index contributed by atoms with van der Waals surface area (Å²) in [6.45, 7) is -0.566. The second-order valence-electron chi connectivity index (χ2n) is 3.69. The standard InChI is InChI=1S/C10H8F3N3O3/c11-10(12,13)2-3-16-8(9(17)18)5-7(14-16)6-1-4-19-15-6/h1,4-5H,2-3H2,(H,17,18). The van der Waals surface area contributed by atoms with Crippen molar-refractivity contribution in [3.05, 3.63) is 24.1 Å². The third-order valence-corrected chi connectivity index (χ3v) is 2.31. The first kappa shape index (κ1) is 13.1. The molecule has 0 aliphatic rings. The topological polar surface area (TPSA) is 81.2 Å². The Labute approximate surface area is 104 Å². The van der Waals surface area contributed by atoms with E-state index in [1.54, 1.807) is 0 Å². The van der Waals surface area contributed by atoms with Gasteiger partial charge in [-0.25, -0.2) is 4.79 Å². The van der Waals surface area contributed by atoms with Crippen LogP contribution in [0.25, 0.3) is 11.4 Å². The molecule has 1 N–H and O–H groups in total. The van der Waals surface area contributed by atoms with Crippen LogP contribution < -0.4 is 0 Å². The largest absolute Gasteiger partial charge is 0.477 e. The van der Waals surface area contributed by atoms with Gasteiger partial charge in [0.1, 0.15) is 23.3 Å². The summed E-state index contributed by atoms with van der Waals surface area (Å²) in [5, 5.41) is 16.3. The summed E-state index contributed by atoms with van der Waals surface area (Å²) in [5.41, 5.74) is 0.0730. The van der Waals surface area contributed by atoms with Gasteiger partial charge in [0.15, 0.2) is 0 Å². The van der Waals surface area contributed by atoms with Gasteiger partial charge in [0, 0.05) is 12.1 Å². The van der Waals surface area contributed by atoms with Crippen LogP contribution in [0.2, 0.25) is 0 Å². The minimum Gasteiger partial charge on any atom is -0.477 e. The Kier molecular flexibility index (Phi) is 3.28. The lowest BCUT2D eigenvalue weighted by atomic mass is 10.3. The lowest BCUT2D eigenvalue weighted by Crippen LogP contribution is -2.16. The lowest BCUT2D eigenvalue weighted by Gasteiger charge is -2.07. The molecule has 0 radical (unpaired) electrons. The Balaban J connectivity index is 2.29. The Hall–Kier alpha value is -2.32. The maximum Gasteiger partial charge on any atom is 0.390 e. The van der Waals surface area contributed by atoms with Gasteiger partial charge in [0.2, 0.25) is 0 Å². The second-order valence-corrected chi connectivity index (χ2v) is 3.69. The van der Waals surface area contributed by atoms with E-state index in [1.807, 2.05) is 0 Å². The number of aryl methyl sites for hydroxylation is 1. The van der Waals surface area contributed by atoms with E-state index in [0.717, 1.165) is 10.7 Å². The fourth-order valence-electron chi connectivity index (χ4n) is 1.46. The van der Waals surface area contributed by atoms with Crippen molar-refractivity contribution in [1.82, 2.24) is 14.9 Å². The molecule has 0 aliphatic carbocycles. The van der Waals surface area contributed by atoms with Gasteiger partial charge >= 0.3 is 12.1 Å². The first-order valence-corrected chi connectivity index (χ1v) is 5.15. The molecule has 9 heteroatoms. The van der Waals surface area contributed by atoms with Crippen LogP contribution in [0.3, 0.4) is 0 Å². The van der Waals surface area contributed by atoms with E-state index in [2.05, 4.69) is 14.8 Å². The van der Waals surface area contributed by atoms with E-state index in [4.69, 9.17) is 5.11 Å². The highest BCUT2D eigenvalue weighted by atomic mass is 19.4. The molecule has 0 saturated heterocycles. The van der Waals surface area contributed by atoms with Crippen LogP contribution in [0, 0.1) is 0 Å². The summed E-state index contributed by atoms with van der Waals surface area (Å²) < 4.78 is 41.8. The molecule has 2 rings (SSSR count). The van der Waals surface area contributed by atoms with Crippen molar-refractivity contribution in [3.63, 3.8) is 0 Å². The van der Waals surface area contributed by atoms with Crippen molar-refractivity contribution in [1.29, 1.82) is 0 Å². The van der Waals surface area contributed by atoms with E-state index < -0.39 is 25.1 Å². The van der Waals surface area contributed by atoms with Crippen LogP contribution in [0.1, 0.15) is 16.9 Å². The van der Waals surface area contributed by atoms with Crippen LogP contribution in [0.15, 0.2) is 22.9 Å². The highest BCUT2D eigenvalue weighted by Crippen LogP contribution is 2.22. The quantitative estimate of drug-likeness (QED) is 0.924. The third kappa shape index (κ3) is 3.12. The Morgan fingerprint density at radius 1 is 1.42 bits per heavy atom. The molecule has 0 atom stereocenters. The minimum absolute atomic E-state index is 0.147. The molecule has 6 nitrogen and oxygen atoms in total. The zero-order chi connectivity index (χ0) is 14.0. The van der Waals surface area contributed by atoms with E-state index in [9.17, 15) is 18.0 Å². The molecule has 2 heterocycles. The van der Waals surface area contributed by atoms with Crippen molar-refractivity contribution in [2.75, 3.05) is 0 Å².